The number of nitrogens with one attached hydrogen (secondary N) is 1. The van der Waals surface area contributed by atoms with Gasteiger partial charge in [0.25, 0.3) is 0 Å². The Bertz CT molecular complexity index is 983. The largest absolute Gasteiger partial charge is 0.485 e. The summed E-state index contributed by atoms with van der Waals surface area (Å²) in [5, 5.41) is 9.78. The number of ether oxygens (including phenoxy) is 1. The summed E-state index contributed by atoms with van der Waals surface area (Å²) in [6, 6.07) is 7.30. The average Bonchev–Trinajstić information content (AvgIpc) is 3.32. The number of aromatic nitrogens is 3. The smallest absolute Gasteiger partial charge is 0.248 e. The highest BCUT2D eigenvalue weighted by Crippen LogP contribution is 2.25. The van der Waals surface area contributed by atoms with Gasteiger partial charge in [0, 0.05) is 23.6 Å². The SMILES string of the molecule is CCCCn1nc(C)c(/C=C/C(=O)Nc2ccccc2OCc2cscn2)c1Cl. The zero-order valence-corrected chi connectivity index (χ0v) is 18.0. The van der Waals surface area contributed by atoms with E-state index in [0.29, 0.717) is 23.2 Å². The molecule has 1 amide bonds. The molecule has 0 saturated carbocycles. The summed E-state index contributed by atoms with van der Waals surface area (Å²) in [4.78, 5) is 16.6. The maximum Gasteiger partial charge on any atom is 0.248 e. The molecule has 0 fully saturated rings. The molecule has 3 rings (SSSR count). The van der Waals surface area contributed by atoms with Gasteiger partial charge in [0.05, 0.1) is 22.6 Å². The van der Waals surface area contributed by atoms with Gasteiger partial charge in [0.15, 0.2) is 0 Å². The first-order chi connectivity index (χ1) is 14.1. The van der Waals surface area contributed by atoms with E-state index in [9.17, 15) is 4.79 Å². The van der Waals surface area contributed by atoms with Crippen LogP contribution in [0.1, 0.15) is 36.7 Å². The van der Waals surface area contributed by atoms with Crippen molar-refractivity contribution in [3.63, 3.8) is 0 Å². The first-order valence-electron chi connectivity index (χ1n) is 9.39. The molecule has 8 heteroatoms. The minimum atomic E-state index is -0.272. The van der Waals surface area contributed by atoms with Gasteiger partial charge in [-0.15, -0.1) is 11.3 Å². The molecule has 0 aliphatic carbocycles. The summed E-state index contributed by atoms with van der Waals surface area (Å²) in [6.07, 6.45) is 5.22. The Balaban J connectivity index is 1.66. The molecule has 1 aromatic carbocycles. The lowest BCUT2D eigenvalue weighted by Gasteiger charge is -2.10. The van der Waals surface area contributed by atoms with E-state index < -0.39 is 0 Å². The number of halogens is 1. The lowest BCUT2D eigenvalue weighted by Crippen LogP contribution is -2.09. The number of aryl methyl sites for hydroxylation is 2. The van der Waals surface area contributed by atoms with Crippen LogP contribution in [0.2, 0.25) is 5.15 Å². The highest BCUT2D eigenvalue weighted by Gasteiger charge is 2.12. The number of anilines is 1. The molecular formula is C21H23ClN4O2S. The molecule has 29 heavy (non-hydrogen) atoms. The van der Waals surface area contributed by atoms with Crippen LogP contribution in [0.15, 0.2) is 41.2 Å². The topological polar surface area (TPSA) is 69.0 Å². The molecule has 0 spiro atoms. The minimum Gasteiger partial charge on any atom is -0.485 e. The Morgan fingerprint density at radius 2 is 2.21 bits per heavy atom. The van der Waals surface area contributed by atoms with Crippen molar-refractivity contribution in [2.45, 2.75) is 39.8 Å². The van der Waals surface area contributed by atoms with Crippen molar-refractivity contribution in [2.24, 2.45) is 0 Å². The molecule has 0 bridgehead atoms. The molecule has 2 heterocycles. The predicted molar refractivity (Wildman–Crippen MR) is 117 cm³/mol. The zero-order chi connectivity index (χ0) is 20.6. The highest BCUT2D eigenvalue weighted by atomic mass is 35.5. The molecule has 0 radical (unpaired) electrons. The average molecular weight is 431 g/mol. The van der Waals surface area contributed by atoms with Crippen LogP contribution in [0.5, 0.6) is 5.75 Å². The van der Waals surface area contributed by atoms with E-state index in [1.165, 1.54) is 17.4 Å². The van der Waals surface area contributed by atoms with Gasteiger partial charge < -0.3 is 10.1 Å². The van der Waals surface area contributed by atoms with Gasteiger partial charge in [0.2, 0.25) is 5.91 Å². The van der Waals surface area contributed by atoms with E-state index in [-0.39, 0.29) is 5.91 Å². The number of thiazole rings is 1. The summed E-state index contributed by atoms with van der Waals surface area (Å²) in [5.41, 5.74) is 4.75. The summed E-state index contributed by atoms with van der Waals surface area (Å²) < 4.78 is 7.57. The zero-order valence-electron chi connectivity index (χ0n) is 16.4. The molecule has 0 atom stereocenters. The Labute approximate surface area is 179 Å². The molecule has 2 aromatic heterocycles. The lowest BCUT2D eigenvalue weighted by atomic mass is 10.2. The first kappa shape index (κ1) is 21.1. The number of hydrogen-bond donors (Lipinski definition) is 1. The van der Waals surface area contributed by atoms with Gasteiger partial charge in [-0.25, -0.2) is 4.98 Å². The van der Waals surface area contributed by atoms with Crippen molar-refractivity contribution in [2.75, 3.05) is 5.32 Å². The maximum atomic E-state index is 12.4. The summed E-state index contributed by atoms with van der Waals surface area (Å²) in [7, 11) is 0. The van der Waals surface area contributed by atoms with E-state index in [4.69, 9.17) is 16.3 Å². The van der Waals surface area contributed by atoms with E-state index in [1.807, 2.05) is 30.5 Å². The molecule has 0 unspecified atom stereocenters. The monoisotopic (exact) mass is 430 g/mol. The molecule has 152 valence electrons. The molecule has 6 nitrogen and oxygen atoms in total. The van der Waals surface area contributed by atoms with E-state index in [2.05, 4.69) is 22.3 Å². The van der Waals surface area contributed by atoms with E-state index in [0.717, 1.165) is 36.3 Å². The van der Waals surface area contributed by atoms with Crippen LogP contribution >= 0.6 is 22.9 Å². The Morgan fingerprint density at radius 3 is 2.97 bits per heavy atom. The number of rotatable bonds is 9. The van der Waals surface area contributed by atoms with Crippen LogP contribution < -0.4 is 10.1 Å². The second-order valence-electron chi connectivity index (χ2n) is 6.45. The third-order valence-corrected chi connectivity index (χ3v) is 5.27. The van der Waals surface area contributed by atoms with Crippen molar-refractivity contribution in [1.29, 1.82) is 0 Å². The number of amides is 1. The molecule has 0 aliphatic rings. The third kappa shape index (κ3) is 5.68. The Kier molecular flexibility index (Phi) is 7.43. The fraction of sp³-hybridized carbons (Fsp3) is 0.286. The first-order valence-corrected chi connectivity index (χ1v) is 10.7. The number of hydrogen-bond acceptors (Lipinski definition) is 5. The summed E-state index contributed by atoms with van der Waals surface area (Å²) in [6.45, 7) is 5.11. The van der Waals surface area contributed by atoms with Gasteiger partial charge in [-0.1, -0.05) is 37.1 Å². The number of nitrogens with zero attached hydrogens (tertiary/aromatic N) is 3. The van der Waals surface area contributed by atoms with Crippen LogP contribution in [0, 0.1) is 6.92 Å². The van der Waals surface area contributed by atoms with Crippen molar-refractivity contribution in [3.8, 4) is 5.75 Å². The van der Waals surface area contributed by atoms with Gasteiger partial charge in [-0.3, -0.25) is 9.48 Å². The molecular weight excluding hydrogens is 408 g/mol. The standard InChI is InChI=1S/C21H23ClN4O2S/c1-3-4-11-26-21(22)17(15(2)25-26)9-10-20(27)24-18-7-5-6-8-19(18)28-12-16-13-29-14-23-16/h5-10,13-14H,3-4,11-12H2,1-2H3,(H,24,27)/b10-9+. The number of unbranched alkanes of at least 4 members (excludes halogenated alkanes) is 1. The van der Waals surface area contributed by atoms with Crippen LogP contribution in [-0.4, -0.2) is 20.7 Å². The molecule has 0 saturated heterocycles. The molecule has 3 aromatic rings. The summed E-state index contributed by atoms with van der Waals surface area (Å²) in [5.74, 6) is 0.315. The van der Waals surface area contributed by atoms with Crippen molar-refractivity contribution < 1.29 is 9.53 Å². The number of carbonyl (C=O) groups is 1. The minimum absolute atomic E-state index is 0.272. The second kappa shape index (κ2) is 10.2. The quantitative estimate of drug-likeness (QED) is 0.465. The van der Waals surface area contributed by atoms with E-state index in [1.54, 1.807) is 22.3 Å². The third-order valence-electron chi connectivity index (χ3n) is 4.24. The number of benzene rings is 1. The van der Waals surface area contributed by atoms with Crippen molar-refractivity contribution >= 4 is 40.6 Å². The van der Waals surface area contributed by atoms with Gasteiger partial charge in [-0.2, -0.15) is 5.10 Å². The van der Waals surface area contributed by atoms with Crippen molar-refractivity contribution in [3.05, 3.63) is 63.3 Å². The second-order valence-corrected chi connectivity index (χ2v) is 7.53. The predicted octanol–water partition coefficient (Wildman–Crippen LogP) is 5.33. The van der Waals surface area contributed by atoms with Crippen LogP contribution in [0.25, 0.3) is 6.08 Å². The summed E-state index contributed by atoms with van der Waals surface area (Å²) >= 11 is 7.93. The van der Waals surface area contributed by atoms with Gasteiger partial charge >= 0.3 is 0 Å². The van der Waals surface area contributed by atoms with Crippen LogP contribution in [0.3, 0.4) is 0 Å². The lowest BCUT2D eigenvalue weighted by molar-refractivity contribution is -0.111. The van der Waals surface area contributed by atoms with Crippen molar-refractivity contribution in [1.82, 2.24) is 14.8 Å². The number of carbonyl (C=O) groups excluding carboxylic acids is 1. The van der Waals surface area contributed by atoms with Gasteiger partial charge in [-0.05, 0) is 31.6 Å². The van der Waals surface area contributed by atoms with E-state index >= 15 is 0 Å². The maximum absolute atomic E-state index is 12.4. The fourth-order valence-electron chi connectivity index (χ4n) is 2.70. The van der Waals surface area contributed by atoms with Crippen LogP contribution in [0.4, 0.5) is 5.69 Å². The van der Waals surface area contributed by atoms with Crippen LogP contribution in [-0.2, 0) is 17.9 Å². The number of para-hydroxylation sites is 2. The molecule has 1 N–H and O–H groups in total. The fourth-order valence-corrected chi connectivity index (χ4v) is 3.57. The Morgan fingerprint density at radius 1 is 1.38 bits per heavy atom. The normalized spacial score (nSPS) is 11.1. The highest BCUT2D eigenvalue weighted by molar-refractivity contribution is 7.07. The Hall–Kier alpha value is -2.64. The van der Waals surface area contributed by atoms with Gasteiger partial charge in [0.1, 0.15) is 17.5 Å². The molecule has 0 aliphatic heterocycles.